The van der Waals surface area contributed by atoms with Crippen molar-refractivity contribution in [1.29, 1.82) is 0 Å². The first-order chi connectivity index (χ1) is 10.9. The Hall–Kier alpha value is -1.63. The van der Waals surface area contributed by atoms with Crippen molar-refractivity contribution in [1.82, 2.24) is 14.9 Å². The number of carbonyl (C=O) groups excluding carboxylic acids is 2. The largest absolute Gasteiger partial charge is 0.322 e. The van der Waals surface area contributed by atoms with Crippen LogP contribution in [-0.4, -0.2) is 57.1 Å². The van der Waals surface area contributed by atoms with Crippen LogP contribution < -0.4 is 10.6 Å². The van der Waals surface area contributed by atoms with E-state index in [9.17, 15) is 18.0 Å². The lowest BCUT2D eigenvalue weighted by molar-refractivity contribution is -0.122. The van der Waals surface area contributed by atoms with E-state index in [-0.39, 0.29) is 6.54 Å². The van der Waals surface area contributed by atoms with Crippen molar-refractivity contribution in [3.63, 3.8) is 0 Å². The van der Waals surface area contributed by atoms with E-state index in [1.54, 1.807) is 0 Å². The van der Waals surface area contributed by atoms with Gasteiger partial charge in [0.05, 0.1) is 5.75 Å². The first-order valence-corrected chi connectivity index (χ1v) is 12.9. The highest BCUT2D eigenvalue weighted by atomic mass is 32.2. The van der Waals surface area contributed by atoms with Gasteiger partial charge >= 0.3 is 6.03 Å². The van der Waals surface area contributed by atoms with Gasteiger partial charge < -0.3 is 5.32 Å². The number of urea groups is 1. The predicted octanol–water partition coefficient (Wildman–Crippen LogP) is 0.427. The van der Waals surface area contributed by atoms with E-state index < -0.39 is 41.3 Å². The van der Waals surface area contributed by atoms with E-state index >= 15 is 0 Å². The Bertz CT molecular complexity index is 758. The van der Waals surface area contributed by atoms with Gasteiger partial charge in [-0.15, -0.1) is 5.54 Å². The second-order valence-electron chi connectivity index (χ2n) is 7.33. The molecule has 2 N–H and O–H groups in total. The van der Waals surface area contributed by atoms with Crippen LogP contribution in [0.5, 0.6) is 0 Å². The zero-order chi connectivity index (χ0) is 18.2. The summed E-state index contributed by atoms with van der Waals surface area (Å²) in [5.74, 6) is 2.08. The van der Waals surface area contributed by atoms with E-state index in [0.29, 0.717) is 13.0 Å². The van der Waals surface area contributed by atoms with Crippen LogP contribution >= 0.6 is 0 Å². The number of nitrogens with zero attached hydrogens (tertiary/aromatic N) is 1. The van der Waals surface area contributed by atoms with E-state index in [2.05, 4.69) is 41.7 Å². The van der Waals surface area contributed by atoms with Gasteiger partial charge in [-0.1, -0.05) is 31.6 Å². The molecule has 2 aliphatic rings. The average Bonchev–Trinajstić information content (AvgIpc) is 2.68. The fourth-order valence-corrected chi connectivity index (χ4v) is 4.74. The molecule has 2 heterocycles. The van der Waals surface area contributed by atoms with Crippen LogP contribution in [0.4, 0.5) is 4.79 Å². The van der Waals surface area contributed by atoms with Crippen LogP contribution in [0.25, 0.3) is 0 Å². The number of hydrogen-bond donors (Lipinski definition) is 2. The Kier molecular flexibility index (Phi) is 4.95. The third-order valence-corrected chi connectivity index (χ3v) is 6.69. The summed E-state index contributed by atoms with van der Waals surface area (Å²) >= 11 is 0. The Morgan fingerprint density at radius 1 is 1.33 bits per heavy atom. The Labute approximate surface area is 143 Å². The zero-order valence-corrected chi connectivity index (χ0v) is 16.2. The van der Waals surface area contributed by atoms with E-state index in [1.165, 1.54) is 11.2 Å². The fraction of sp³-hybridized carbons (Fsp3) is 0.600. The second-order valence-corrected chi connectivity index (χ2v) is 14.1. The fourth-order valence-electron chi connectivity index (χ4n) is 2.42. The molecule has 0 aromatic carbocycles. The van der Waals surface area contributed by atoms with Crippen LogP contribution in [0.2, 0.25) is 19.6 Å². The topological polar surface area (TPSA) is 95.6 Å². The molecule has 0 saturated carbocycles. The molecule has 2 aliphatic heterocycles. The lowest BCUT2D eigenvalue weighted by Crippen LogP contribution is -2.52. The van der Waals surface area contributed by atoms with Crippen molar-refractivity contribution in [2.75, 3.05) is 18.8 Å². The molecule has 1 atom stereocenters. The third kappa shape index (κ3) is 4.46. The number of sulfonamides is 1. The number of imide groups is 1. The number of hydrogen-bond acceptors (Lipinski definition) is 4. The molecule has 1 saturated heterocycles. The lowest BCUT2D eigenvalue weighted by Gasteiger charge is -2.28. The van der Waals surface area contributed by atoms with Gasteiger partial charge in [-0.3, -0.25) is 10.1 Å². The Morgan fingerprint density at radius 2 is 2.00 bits per heavy atom. The second kappa shape index (κ2) is 6.35. The molecule has 7 nitrogen and oxygen atoms in total. The molecule has 3 amide bonds. The maximum absolute atomic E-state index is 12.6. The minimum atomic E-state index is -3.67. The van der Waals surface area contributed by atoms with Crippen LogP contribution in [0.15, 0.2) is 11.6 Å². The predicted molar refractivity (Wildman–Crippen MR) is 94.3 cm³/mol. The minimum Gasteiger partial charge on any atom is -0.322 e. The summed E-state index contributed by atoms with van der Waals surface area (Å²) in [4.78, 5) is 23.0. The van der Waals surface area contributed by atoms with E-state index in [4.69, 9.17) is 0 Å². The Morgan fingerprint density at radius 3 is 2.46 bits per heavy atom. The van der Waals surface area contributed by atoms with Gasteiger partial charge in [-0.2, -0.15) is 4.31 Å². The van der Waals surface area contributed by atoms with Gasteiger partial charge in [-0.05, 0) is 13.3 Å². The molecule has 0 aliphatic carbocycles. The van der Waals surface area contributed by atoms with Crippen LogP contribution in [-0.2, 0) is 14.8 Å². The summed E-state index contributed by atoms with van der Waals surface area (Å²) in [5.41, 5.74) is 2.80. The molecule has 2 rings (SSSR count). The minimum absolute atomic E-state index is 0.240. The lowest BCUT2D eigenvalue weighted by atomic mass is 10.1. The molecule has 0 aromatic heterocycles. The number of amides is 3. The summed E-state index contributed by atoms with van der Waals surface area (Å²) in [6.07, 6.45) is 2.38. The van der Waals surface area contributed by atoms with E-state index in [0.717, 1.165) is 5.57 Å². The summed E-state index contributed by atoms with van der Waals surface area (Å²) < 4.78 is 26.4. The molecule has 0 spiro atoms. The maximum atomic E-state index is 12.6. The molecule has 0 radical (unpaired) electrons. The molecule has 132 valence electrons. The van der Waals surface area contributed by atoms with Gasteiger partial charge in [0.15, 0.2) is 0 Å². The zero-order valence-electron chi connectivity index (χ0n) is 14.4. The van der Waals surface area contributed by atoms with Crippen molar-refractivity contribution in [3.05, 3.63) is 11.6 Å². The molecule has 1 fully saturated rings. The summed E-state index contributed by atoms with van der Waals surface area (Å²) in [6, 6.07) is -0.667. The Balaban J connectivity index is 2.07. The normalized spacial score (nSPS) is 25.4. The molecule has 24 heavy (non-hydrogen) atoms. The van der Waals surface area contributed by atoms with Crippen molar-refractivity contribution in [2.24, 2.45) is 0 Å². The van der Waals surface area contributed by atoms with Crippen molar-refractivity contribution < 1.29 is 18.0 Å². The van der Waals surface area contributed by atoms with Gasteiger partial charge in [-0.25, -0.2) is 13.2 Å². The quantitative estimate of drug-likeness (QED) is 0.428. The molecule has 1 unspecified atom stereocenters. The smallest absolute Gasteiger partial charge is 0.322 e. The number of carbonyl (C=O) groups is 2. The highest BCUT2D eigenvalue weighted by molar-refractivity contribution is 7.89. The molecule has 0 bridgehead atoms. The maximum Gasteiger partial charge on any atom is 0.322 e. The van der Waals surface area contributed by atoms with Gasteiger partial charge in [0.1, 0.15) is 13.6 Å². The summed E-state index contributed by atoms with van der Waals surface area (Å²) in [6.45, 7) is 8.45. The van der Waals surface area contributed by atoms with Crippen LogP contribution in [0.3, 0.4) is 0 Å². The summed E-state index contributed by atoms with van der Waals surface area (Å²) in [5, 5.41) is 4.45. The van der Waals surface area contributed by atoms with Crippen LogP contribution in [0, 0.1) is 11.5 Å². The number of nitrogens with one attached hydrogen (secondary N) is 2. The third-order valence-electron chi connectivity index (χ3n) is 3.75. The highest BCUT2D eigenvalue weighted by Gasteiger charge is 2.46. The monoisotopic (exact) mass is 369 g/mol. The standard InChI is InChI=1S/C15H23N3O4SSi/c1-15(13(19)16-14(20)17-15)11-23(21,22)18-8-5-12(6-9-18)7-10-24(2,3)4/h5H,6,8-9,11H2,1-4H3,(H2,16,17,19,20). The van der Waals surface area contributed by atoms with E-state index in [1.807, 2.05) is 6.08 Å². The average molecular weight is 370 g/mol. The van der Waals surface area contributed by atoms with Gasteiger partial charge in [0.2, 0.25) is 10.0 Å². The number of rotatable bonds is 3. The first kappa shape index (κ1) is 18.7. The SMILES string of the molecule is CC1(CS(=O)(=O)N2CC=C(C#C[Si](C)(C)C)CC2)NC(=O)NC1=O. The van der Waals surface area contributed by atoms with Crippen LogP contribution in [0.1, 0.15) is 13.3 Å². The van der Waals surface area contributed by atoms with Crippen molar-refractivity contribution in [2.45, 2.75) is 38.5 Å². The molecular weight excluding hydrogens is 346 g/mol. The van der Waals surface area contributed by atoms with Crippen molar-refractivity contribution >= 4 is 30.0 Å². The molecule has 9 heteroatoms. The van der Waals surface area contributed by atoms with Gasteiger partial charge in [0, 0.05) is 18.7 Å². The first-order valence-electron chi connectivity index (χ1n) is 7.75. The molecule has 0 aromatic rings. The summed E-state index contributed by atoms with van der Waals surface area (Å²) in [7, 11) is -5.14. The highest BCUT2D eigenvalue weighted by Crippen LogP contribution is 2.19. The van der Waals surface area contributed by atoms with Crippen molar-refractivity contribution in [3.8, 4) is 11.5 Å². The molecular formula is C15H23N3O4SSi. The van der Waals surface area contributed by atoms with Gasteiger partial charge in [0.25, 0.3) is 5.91 Å².